The number of likely N-dealkylation sites (N-methyl/N-ethyl adjacent to an activating group) is 1. The summed E-state index contributed by atoms with van der Waals surface area (Å²) in [7, 11) is 1.80. The van der Waals surface area contributed by atoms with Gasteiger partial charge in [-0.1, -0.05) is 0 Å². The van der Waals surface area contributed by atoms with Crippen molar-refractivity contribution in [2.24, 2.45) is 7.05 Å². The maximum atomic E-state index is 12.1. The van der Waals surface area contributed by atoms with Gasteiger partial charge in [0, 0.05) is 13.6 Å². The highest BCUT2D eigenvalue weighted by atomic mass is 79.9. The van der Waals surface area contributed by atoms with E-state index in [1.165, 1.54) is 0 Å². The number of ether oxygens (including phenoxy) is 2. The highest BCUT2D eigenvalue weighted by Gasteiger charge is 2.23. The van der Waals surface area contributed by atoms with Crippen LogP contribution in [0.1, 0.15) is 34.6 Å². The van der Waals surface area contributed by atoms with Crippen molar-refractivity contribution in [3.05, 3.63) is 10.7 Å². The van der Waals surface area contributed by atoms with E-state index in [9.17, 15) is 4.79 Å². The van der Waals surface area contributed by atoms with Gasteiger partial charge in [-0.2, -0.15) is 5.10 Å². The van der Waals surface area contributed by atoms with E-state index in [2.05, 4.69) is 21.0 Å². The summed E-state index contributed by atoms with van der Waals surface area (Å²) in [6.45, 7) is 10.4. The van der Waals surface area contributed by atoms with Gasteiger partial charge in [-0.3, -0.25) is 0 Å². The molecule has 0 spiro atoms. The molecule has 0 aliphatic carbocycles. The molecule has 0 unspecified atom stereocenters. The molecule has 0 saturated heterocycles. The number of halogens is 1. The second kappa shape index (κ2) is 7.15. The Labute approximate surface area is 134 Å². The molecule has 0 aliphatic rings. The summed E-state index contributed by atoms with van der Waals surface area (Å²) in [5.74, 6) is 0.641. The van der Waals surface area contributed by atoms with E-state index in [1.54, 1.807) is 22.8 Å². The van der Waals surface area contributed by atoms with Crippen LogP contribution in [0.25, 0.3) is 0 Å². The van der Waals surface area contributed by atoms with Crippen LogP contribution in [0.3, 0.4) is 0 Å². The van der Waals surface area contributed by atoms with E-state index in [-0.39, 0.29) is 12.2 Å². The van der Waals surface area contributed by atoms with Crippen LogP contribution in [-0.4, -0.2) is 45.6 Å². The number of aromatic nitrogens is 2. The molecule has 0 aliphatic heterocycles. The zero-order valence-electron chi connectivity index (χ0n) is 13.5. The van der Waals surface area contributed by atoms with Gasteiger partial charge in [0.05, 0.1) is 17.2 Å². The second-order valence-corrected chi connectivity index (χ2v) is 6.72. The monoisotopic (exact) mass is 361 g/mol. The van der Waals surface area contributed by atoms with Gasteiger partial charge < -0.3 is 14.4 Å². The van der Waals surface area contributed by atoms with Gasteiger partial charge in [0.25, 0.3) is 0 Å². The molecule has 120 valence electrons. The Morgan fingerprint density at radius 2 is 2.14 bits per heavy atom. The standard InChI is InChI=1S/C14H24BrN3O3/c1-7-18(13(19)21-14(3,4)5)9-10(2)20-12-11(15)8-16-17(12)6/h8,10H,7,9H2,1-6H3/t10-/m0/s1. The van der Waals surface area contributed by atoms with Crippen molar-refractivity contribution < 1.29 is 14.3 Å². The van der Waals surface area contributed by atoms with Gasteiger partial charge in [0.1, 0.15) is 11.7 Å². The molecule has 1 rings (SSSR count). The summed E-state index contributed by atoms with van der Waals surface area (Å²) in [4.78, 5) is 13.7. The number of hydrogen-bond donors (Lipinski definition) is 0. The lowest BCUT2D eigenvalue weighted by Gasteiger charge is -2.28. The predicted molar refractivity (Wildman–Crippen MR) is 84.5 cm³/mol. The first-order valence-corrected chi connectivity index (χ1v) is 7.75. The van der Waals surface area contributed by atoms with Crippen LogP contribution in [-0.2, 0) is 11.8 Å². The molecular weight excluding hydrogens is 338 g/mol. The van der Waals surface area contributed by atoms with Gasteiger partial charge >= 0.3 is 6.09 Å². The van der Waals surface area contributed by atoms with Gasteiger partial charge in [-0.25, -0.2) is 9.48 Å². The lowest BCUT2D eigenvalue weighted by Crippen LogP contribution is -2.41. The molecule has 0 saturated carbocycles. The van der Waals surface area contributed by atoms with E-state index in [1.807, 2.05) is 34.6 Å². The quantitative estimate of drug-likeness (QED) is 0.807. The predicted octanol–water partition coefficient (Wildman–Crippen LogP) is 3.21. The zero-order chi connectivity index (χ0) is 16.2. The van der Waals surface area contributed by atoms with Crippen molar-refractivity contribution in [2.45, 2.75) is 46.3 Å². The van der Waals surface area contributed by atoms with Crippen LogP contribution >= 0.6 is 15.9 Å². The van der Waals surface area contributed by atoms with E-state index in [4.69, 9.17) is 9.47 Å². The van der Waals surface area contributed by atoms with E-state index < -0.39 is 5.60 Å². The SMILES string of the molecule is CCN(C[C@H](C)Oc1c(Br)cnn1C)C(=O)OC(C)(C)C. The van der Waals surface area contributed by atoms with Crippen LogP contribution in [0.4, 0.5) is 4.79 Å². The number of nitrogens with zero attached hydrogens (tertiary/aromatic N) is 3. The topological polar surface area (TPSA) is 56.6 Å². The van der Waals surface area contributed by atoms with Crippen molar-refractivity contribution in [1.29, 1.82) is 0 Å². The van der Waals surface area contributed by atoms with Crippen LogP contribution in [0.2, 0.25) is 0 Å². The minimum atomic E-state index is -0.500. The lowest BCUT2D eigenvalue weighted by atomic mass is 10.2. The first-order chi connectivity index (χ1) is 9.64. The van der Waals surface area contributed by atoms with Crippen molar-refractivity contribution >= 4 is 22.0 Å². The molecule has 1 heterocycles. The molecule has 1 amide bonds. The number of carbonyl (C=O) groups is 1. The number of rotatable bonds is 5. The molecule has 1 aromatic heterocycles. The average molecular weight is 362 g/mol. The first kappa shape index (κ1) is 17.8. The fourth-order valence-electron chi connectivity index (χ4n) is 1.73. The number of hydrogen-bond acceptors (Lipinski definition) is 4. The number of carbonyl (C=O) groups excluding carboxylic acids is 1. The third-order valence-electron chi connectivity index (χ3n) is 2.67. The van der Waals surface area contributed by atoms with Gasteiger partial charge in [0.2, 0.25) is 5.88 Å². The molecule has 6 nitrogen and oxygen atoms in total. The molecule has 1 atom stereocenters. The molecular formula is C14H24BrN3O3. The molecule has 0 radical (unpaired) electrons. The van der Waals surface area contributed by atoms with E-state index in [0.717, 1.165) is 4.47 Å². The molecule has 7 heteroatoms. The maximum Gasteiger partial charge on any atom is 0.410 e. The Bertz CT molecular complexity index is 463. The van der Waals surface area contributed by atoms with Crippen molar-refractivity contribution in [1.82, 2.24) is 14.7 Å². The fourth-order valence-corrected chi connectivity index (χ4v) is 2.17. The van der Waals surface area contributed by atoms with Crippen molar-refractivity contribution in [3.8, 4) is 5.88 Å². The summed E-state index contributed by atoms with van der Waals surface area (Å²) in [5.41, 5.74) is -0.500. The molecule has 0 aromatic carbocycles. The number of aryl methyl sites for hydroxylation is 1. The Balaban J connectivity index is 2.63. The van der Waals surface area contributed by atoms with E-state index >= 15 is 0 Å². The molecule has 0 N–H and O–H groups in total. The lowest BCUT2D eigenvalue weighted by molar-refractivity contribution is 0.0187. The summed E-state index contributed by atoms with van der Waals surface area (Å²) >= 11 is 3.38. The van der Waals surface area contributed by atoms with Crippen molar-refractivity contribution in [2.75, 3.05) is 13.1 Å². The van der Waals surface area contributed by atoms with Gasteiger partial charge in [-0.05, 0) is 50.5 Å². The third-order valence-corrected chi connectivity index (χ3v) is 3.21. The van der Waals surface area contributed by atoms with Crippen LogP contribution in [0.15, 0.2) is 10.7 Å². The fraction of sp³-hybridized carbons (Fsp3) is 0.714. The van der Waals surface area contributed by atoms with Crippen molar-refractivity contribution in [3.63, 3.8) is 0 Å². The second-order valence-electron chi connectivity index (χ2n) is 5.87. The largest absolute Gasteiger partial charge is 0.472 e. The zero-order valence-corrected chi connectivity index (χ0v) is 15.1. The highest BCUT2D eigenvalue weighted by molar-refractivity contribution is 9.10. The Morgan fingerprint density at radius 3 is 2.57 bits per heavy atom. The first-order valence-electron chi connectivity index (χ1n) is 6.96. The Kier molecular flexibility index (Phi) is 6.07. The Morgan fingerprint density at radius 1 is 1.52 bits per heavy atom. The van der Waals surface area contributed by atoms with E-state index in [0.29, 0.717) is 19.0 Å². The normalized spacial score (nSPS) is 12.9. The summed E-state index contributed by atoms with van der Waals surface area (Å²) in [5, 5.41) is 4.09. The highest BCUT2D eigenvalue weighted by Crippen LogP contribution is 2.24. The smallest absolute Gasteiger partial charge is 0.410 e. The molecule has 21 heavy (non-hydrogen) atoms. The van der Waals surface area contributed by atoms with Gasteiger partial charge in [0.15, 0.2) is 0 Å². The van der Waals surface area contributed by atoms with Crippen LogP contribution in [0.5, 0.6) is 5.88 Å². The molecule has 0 bridgehead atoms. The average Bonchev–Trinajstić information content (AvgIpc) is 2.65. The third kappa shape index (κ3) is 5.57. The minimum Gasteiger partial charge on any atom is -0.472 e. The minimum absolute atomic E-state index is 0.177. The summed E-state index contributed by atoms with van der Waals surface area (Å²) in [6.07, 6.45) is 1.17. The number of amides is 1. The van der Waals surface area contributed by atoms with Crippen LogP contribution in [0, 0.1) is 0 Å². The Hall–Kier alpha value is -1.24. The molecule has 1 aromatic rings. The maximum absolute atomic E-state index is 12.1. The summed E-state index contributed by atoms with van der Waals surface area (Å²) in [6, 6.07) is 0. The summed E-state index contributed by atoms with van der Waals surface area (Å²) < 4.78 is 13.6. The van der Waals surface area contributed by atoms with Gasteiger partial charge in [-0.15, -0.1) is 0 Å². The molecule has 0 fully saturated rings. The van der Waals surface area contributed by atoms with Crippen LogP contribution < -0.4 is 4.74 Å².